The van der Waals surface area contributed by atoms with Gasteiger partial charge < -0.3 is 20.5 Å². The van der Waals surface area contributed by atoms with Crippen LogP contribution in [-0.4, -0.2) is 48.2 Å². The Kier molecular flexibility index (Phi) is 5.17. The van der Waals surface area contributed by atoms with Gasteiger partial charge in [-0.2, -0.15) is 0 Å². The summed E-state index contributed by atoms with van der Waals surface area (Å²) in [6.45, 7) is 0. The minimum Gasteiger partial charge on any atom is -0.480 e. The van der Waals surface area contributed by atoms with Crippen molar-refractivity contribution in [1.29, 1.82) is 0 Å². The lowest BCUT2D eigenvalue weighted by molar-refractivity contribution is -0.148. The van der Waals surface area contributed by atoms with Crippen molar-refractivity contribution in [3.8, 4) is 0 Å². The van der Waals surface area contributed by atoms with Gasteiger partial charge in [0.2, 0.25) is 5.91 Å². The minimum atomic E-state index is -1.24. The molecule has 21 heavy (non-hydrogen) atoms. The molecule has 2 rings (SSSR count). The third-order valence-corrected chi connectivity index (χ3v) is 4.39. The van der Waals surface area contributed by atoms with E-state index in [2.05, 4.69) is 15.4 Å². The zero-order valence-electron chi connectivity index (χ0n) is 12.1. The van der Waals surface area contributed by atoms with Crippen LogP contribution in [0.15, 0.2) is 0 Å². The predicted molar refractivity (Wildman–Crippen MR) is 73.5 cm³/mol. The summed E-state index contributed by atoms with van der Waals surface area (Å²) in [6, 6.07) is -1.25. The number of aliphatic carboxylic acids is 1. The van der Waals surface area contributed by atoms with Crippen LogP contribution in [0.4, 0.5) is 0 Å². The topological polar surface area (TPSA) is 105 Å². The van der Waals surface area contributed by atoms with Gasteiger partial charge in [0.05, 0.1) is 19.6 Å². The smallest absolute Gasteiger partial charge is 0.326 e. The molecule has 2 aliphatic rings. The van der Waals surface area contributed by atoms with E-state index in [9.17, 15) is 14.4 Å². The van der Waals surface area contributed by atoms with Crippen molar-refractivity contribution in [3.63, 3.8) is 0 Å². The second-order valence-corrected chi connectivity index (χ2v) is 5.79. The Bertz CT molecular complexity index is 412. The Labute approximate surface area is 123 Å². The zero-order chi connectivity index (χ0) is 15.4. The van der Waals surface area contributed by atoms with Crippen molar-refractivity contribution in [2.75, 3.05) is 7.11 Å². The molecule has 4 atom stereocenters. The van der Waals surface area contributed by atoms with E-state index in [1.807, 2.05) is 0 Å². The van der Waals surface area contributed by atoms with E-state index in [0.717, 1.165) is 19.3 Å². The third kappa shape index (κ3) is 3.93. The highest BCUT2D eigenvalue weighted by atomic mass is 16.5. The van der Waals surface area contributed by atoms with Crippen LogP contribution in [0.3, 0.4) is 0 Å². The summed E-state index contributed by atoms with van der Waals surface area (Å²) in [5, 5.41) is 14.8. The highest BCUT2D eigenvalue weighted by Gasteiger charge is 2.39. The van der Waals surface area contributed by atoms with E-state index in [1.165, 1.54) is 20.0 Å². The Morgan fingerprint density at radius 2 is 2.05 bits per heavy atom. The van der Waals surface area contributed by atoms with E-state index in [0.29, 0.717) is 12.0 Å². The van der Waals surface area contributed by atoms with Crippen LogP contribution < -0.4 is 10.6 Å². The van der Waals surface area contributed by atoms with Crippen LogP contribution in [0.25, 0.3) is 0 Å². The summed E-state index contributed by atoms with van der Waals surface area (Å²) in [5.74, 6) is -1.74. The lowest BCUT2D eigenvalue weighted by Gasteiger charge is -2.24. The number of fused-ring (bicyclic) bond motifs is 1. The van der Waals surface area contributed by atoms with E-state index in [1.54, 1.807) is 0 Å². The highest BCUT2D eigenvalue weighted by Crippen LogP contribution is 2.33. The molecule has 0 spiro atoms. The number of methoxy groups -OCH3 is 1. The molecule has 1 aliphatic carbocycles. The van der Waals surface area contributed by atoms with Crippen molar-refractivity contribution in [3.05, 3.63) is 0 Å². The number of carboxylic acid groups (broad SMARTS) is 1. The molecular weight excluding hydrogens is 276 g/mol. The molecule has 7 nitrogen and oxygen atoms in total. The highest BCUT2D eigenvalue weighted by molar-refractivity contribution is 5.89. The number of esters is 1. The van der Waals surface area contributed by atoms with Crippen LogP contribution in [0.1, 0.15) is 38.5 Å². The summed E-state index contributed by atoms with van der Waals surface area (Å²) in [5.41, 5.74) is 0. The van der Waals surface area contributed by atoms with E-state index < -0.39 is 18.0 Å². The number of nitrogens with one attached hydrogen (secondary N) is 2. The normalized spacial score (nSPS) is 29.3. The van der Waals surface area contributed by atoms with Gasteiger partial charge in [0, 0.05) is 6.04 Å². The number of carbonyl (C=O) groups excluding carboxylic acids is 2. The molecule has 1 saturated heterocycles. The number of amides is 1. The standard InChI is InChI=1S/C14H22N2O5/c1-21-12(17)7-11(14(19)20)16-13(18)10-6-8-4-2-3-5-9(8)15-10/h8-11,15H,2-7H2,1H3,(H,16,18)(H,19,20)/t8?,9?,10?,11-/m0/s1. The quantitative estimate of drug-likeness (QED) is 0.619. The largest absolute Gasteiger partial charge is 0.480 e. The van der Waals surface area contributed by atoms with Gasteiger partial charge in [-0.15, -0.1) is 0 Å². The molecule has 1 heterocycles. The Hall–Kier alpha value is -1.63. The average molecular weight is 298 g/mol. The fraction of sp³-hybridized carbons (Fsp3) is 0.786. The van der Waals surface area contributed by atoms with E-state index in [4.69, 9.17) is 5.11 Å². The Morgan fingerprint density at radius 1 is 1.33 bits per heavy atom. The van der Waals surface area contributed by atoms with Gasteiger partial charge in [-0.1, -0.05) is 12.8 Å². The fourth-order valence-electron chi connectivity index (χ4n) is 3.24. The minimum absolute atomic E-state index is 0.347. The summed E-state index contributed by atoms with van der Waals surface area (Å²) in [7, 11) is 1.19. The summed E-state index contributed by atoms with van der Waals surface area (Å²) < 4.78 is 4.45. The lowest BCUT2D eigenvalue weighted by atomic mass is 9.85. The van der Waals surface area contributed by atoms with Crippen LogP contribution in [-0.2, 0) is 19.1 Å². The molecule has 3 unspecified atom stereocenters. The zero-order valence-corrected chi connectivity index (χ0v) is 12.1. The second kappa shape index (κ2) is 6.89. The molecule has 118 valence electrons. The first kappa shape index (κ1) is 15.8. The molecule has 0 aromatic rings. The number of ether oxygens (including phenoxy) is 1. The molecule has 1 amide bonds. The van der Waals surface area contributed by atoms with Gasteiger partial charge in [0.25, 0.3) is 0 Å². The average Bonchev–Trinajstić information content (AvgIpc) is 2.90. The summed E-state index contributed by atoms with van der Waals surface area (Å²) in [6.07, 6.45) is 4.92. The number of carbonyl (C=O) groups is 3. The number of rotatable bonds is 5. The van der Waals surface area contributed by atoms with Gasteiger partial charge in [-0.05, 0) is 25.2 Å². The molecule has 0 radical (unpaired) electrons. The summed E-state index contributed by atoms with van der Waals surface area (Å²) >= 11 is 0. The molecule has 7 heteroatoms. The monoisotopic (exact) mass is 298 g/mol. The van der Waals surface area contributed by atoms with Gasteiger partial charge >= 0.3 is 11.9 Å². The molecule has 1 saturated carbocycles. The Balaban J connectivity index is 1.90. The van der Waals surface area contributed by atoms with Crippen molar-refractivity contribution in [1.82, 2.24) is 10.6 Å². The SMILES string of the molecule is COC(=O)C[C@H](NC(=O)C1CC2CCCCC2N1)C(=O)O. The van der Waals surface area contributed by atoms with Crippen LogP contribution in [0, 0.1) is 5.92 Å². The maximum absolute atomic E-state index is 12.2. The molecule has 0 aromatic heterocycles. The molecule has 3 N–H and O–H groups in total. The molecule has 0 aromatic carbocycles. The molecule has 0 bridgehead atoms. The maximum Gasteiger partial charge on any atom is 0.326 e. The van der Waals surface area contributed by atoms with Crippen LogP contribution >= 0.6 is 0 Å². The van der Waals surface area contributed by atoms with Crippen LogP contribution in [0.2, 0.25) is 0 Å². The molecule has 2 fully saturated rings. The lowest BCUT2D eigenvalue weighted by Crippen LogP contribution is -2.50. The van der Waals surface area contributed by atoms with Crippen molar-refractivity contribution >= 4 is 17.8 Å². The number of carboxylic acids is 1. The first-order chi connectivity index (χ1) is 10.0. The van der Waals surface area contributed by atoms with Gasteiger partial charge in [-0.3, -0.25) is 9.59 Å². The van der Waals surface area contributed by atoms with Gasteiger partial charge in [0.1, 0.15) is 6.04 Å². The van der Waals surface area contributed by atoms with Crippen LogP contribution in [0.5, 0.6) is 0 Å². The van der Waals surface area contributed by atoms with Crippen molar-refractivity contribution in [2.45, 2.75) is 56.7 Å². The maximum atomic E-state index is 12.2. The number of hydrogen-bond donors (Lipinski definition) is 3. The molecular formula is C14H22N2O5. The van der Waals surface area contributed by atoms with Crippen molar-refractivity contribution in [2.24, 2.45) is 5.92 Å². The van der Waals surface area contributed by atoms with E-state index >= 15 is 0 Å². The second-order valence-electron chi connectivity index (χ2n) is 5.79. The summed E-state index contributed by atoms with van der Waals surface area (Å²) in [4.78, 5) is 34.5. The number of hydrogen-bond acceptors (Lipinski definition) is 5. The fourth-order valence-corrected chi connectivity index (χ4v) is 3.24. The van der Waals surface area contributed by atoms with Gasteiger partial charge in [0.15, 0.2) is 0 Å². The van der Waals surface area contributed by atoms with E-state index in [-0.39, 0.29) is 18.4 Å². The predicted octanol–water partition coefficient (Wildman–Crippen LogP) is 0.0396. The molecule has 1 aliphatic heterocycles. The Morgan fingerprint density at radius 3 is 2.67 bits per heavy atom. The third-order valence-electron chi connectivity index (χ3n) is 4.39. The first-order valence-electron chi connectivity index (χ1n) is 7.37. The van der Waals surface area contributed by atoms with Crippen molar-refractivity contribution < 1.29 is 24.2 Å². The van der Waals surface area contributed by atoms with Gasteiger partial charge in [-0.25, -0.2) is 4.79 Å². The first-order valence-corrected chi connectivity index (χ1v) is 7.37.